The molecule has 0 aliphatic heterocycles. The molecule has 0 spiro atoms. The van der Waals surface area contributed by atoms with Gasteiger partial charge in [0.25, 0.3) is 0 Å². The second-order valence-corrected chi connectivity index (χ2v) is 10.4. The summed E-state index contributed by atoms with van der Waals surface area (Å²) in [6.45, 7) is 5.77. The molecule has 0 atom stereocenters. The van der Waals surface area contributed by atoms with Crippen molar-refractivity contribution >= 4 is 35.2 Å². The van der Waals surface area contributed by atoms with E-state index in [1.165, 1.54) is 0 Å². The van der Waals surface area contributed by atoms with Crippen molar-refractivity contribution in [1.82, 2.24) is 16.0 Å². The number of amides is 3. The second-order valence-electron chi connectivity index (χ2n) is 9.92. The minimum absolute atomic E-state index is 0.0979. The van der Waals surface area contributed by atoms with Crippen LogP contribution in [0.1, 0.15) is 26.3 Å². The summed E-state index contributed by atoms with van der Waals surface area (Å²) in [6, 6.07) is 23.7. The van der Waals surface area contributed by atoms with E-state index in [1.54, 1.807) is 49.9 Å². The number of carbonyl (C=O) groups is 3. The first kappa shape index (κ1) is 30.3. The molecule has 9 nitrogen and oxygen atoms in total. The summed E-state index contributed by atoms with van der Waals surface area (Å²) in [7, 11) is 0. The fourth-order valence-electron chi connectivity index (χ4n) is 3.63. The van der Waals surface area contributed by atoms with Crippen molar-refractivity contribution in [2.75, 3.05) is 31.1 Å². The molecule has 0 bridgehead atoms. The zero-order valence-electron chi connectivity index (χ0n) is 22.9. The van der Waals surface area contributed by atoms with Gasteiger partial charge >= 0.3 is 6.09 Å². The third kappa shape index (κ3) is 10.9. The Bertz CT molecular complexity index is 1280. The molecular weight excluding hydrogens is 532 g/mol. The van der Waals surface area contributed by atoms with E-state index in [-0.39, 0.29) is 44.5 Å². The number of anilines is 1. The van der Waals surface area contributed by atoms with Crippen LogP contribution in [0.5, 0.6) is 11.5 Å². The van der Waals surface area contributed by atoms with Gasteiger partial charge in [-0.05, 0) is 62.7 Å². The number of para-hydroxylation sites is 3. The van der Waals surface area contributed by atoms with Crippen LogP contribution < -0.4 is 25.6 Å². The molecule has 0 aliphatic rings. The molecule has 0 saturated carbocycles. The Balaban J connectivity index is 1.67. The van der Waals surface area contributed by atoms with Crippen molar-refractivity contribution in [3.05, 3.63) is 89.4 Å². The lowest BCUT2D eigenvalue weighted by atomic mass is 10.2. The van der Waals surface area contributed by atoms with Gasteiger partial charge in [0.05, 0.1) is 18.8 Å². The largest absolute Gasteiger partial charge is 0.455 e. The van der Waals surface area contributed by atoms with E-state index >= 15 is 0 Å². The highest BCUT2D eigenvalue weighted by atomic mass is 35.5. The Labute approximate surface area is 239 Å². The van der Waals surface area contributed by atoms with Crippen LogP contribution in [0.2, 0.25) is 5.02 Å². The van der Waals surface area contributed by atoms with Gasteiger partial charge in [-0.25, -0.2) is 4.79 Å². The number of hydrogen-bond acceptors (Lipinski definition) is 6. The van der Waals surface area contributed by atoms with Gasteiger partial charge in [-0.3, -0.25) is 9.59 Å². The molecule has 0 heterocycles. The standard InChI is InChI=1S/C30H35ClN4O5/c1-30(2,3)40-29(38)33-17-16-32-27(36)20-35(21-28(37)34-19-22-10-9-11-23(31)18-22)25-14-7-8-15-26(25)39-24-12-5-4-6-13-24/h4-15,18H,16-17,19-21H2,1-3H3,(H,32,36)(H,33,38)(H,34,37). The number of rotatable bonds is 12. The SMILES string of the molecule is CC(C)(C)OC(=O)NCCNC(=O)CN(CC(=O)NCc1cccc(Cl)c1)c1ccccc1Oc1ccccc1. The van der Waals surface area contributed by atoms with Crippen LogP contribution in [0.3, 0.4) is 0 Å². The van der Waals surface area contributed by atoms with E-state index < -0.39 is 11.7 Å². The second kappa shape index (κ2) is 14.8. The highest BCUT2D eigenvalue weighted by Crippen LogP contribution is 2.32. The summed E-state index contributed by atoms with van der Waals surface area (Å²) in [4.78, 5) is 39.3. The van der Waals surface area contributed by atoms with Gasteiger partial charge in [0, 0.05) is 24.7 Å². The van der Waals surface area contributed by atoms with Gasteiger partial charge in [0.1, 0.15) is 11.4 Å². The first-order valence-corrected chi connectivity index (χ1v) is 13.3. The van der Waals surface area contributed by atoms with E-state index in [9.17, 15) is 14.4 Å². The predicted molar refractivity (Wildman–Crippen MR) is 156 cm³/mol. The molecule has 0 saturated heterocycles. The minimum atomic E-state index is -0.615. The Kier molecular flexibility index (Phi) is 11.2. The van der Waals surface area contributed by atoms with Crippen LogP contribution in [0.4, 0.5) is 10.5 Å². The molecule has 0 unspecified atom stereocenters. The lowest BCUT2D eigenvalue weighted by Gasteiger charge is -2.26. The van der Waals surface area contributed by atoms with Crippen molar-refractivity contribution in [3.8, 4) is 11.5 Å². The van der Waals surface area contributed by atoms with Gasteiger partial charge in [0.2, 0.25) is 11.8 Å². The first-order valence-electron chi connectivity index (χ1n) is 12.9. The van der Waals surface area contributed by atoms with Gasteiger partial charge in [0.15, 0.2) is 5.75 Å². The maximum absolute atomic E-state index is 13.0. The molecule has 0 aliphatic carbocycles. The number of halogens is 1. The Hall–Kier alpha value is -4.24. The summed E-state index contributed by atoms with van der Waals surface area (Å²) < 4.78 is 11.3. The van der Waals surface area contributed by atoms with Crippen molar-refractivity contribution in [2.45, 2.75) is 32.9 Å². The monoisotopic (exact) mass is 566 g/mol. The first-order chi connectivity index (χ1) is 19.1. The summed E-state index contributed by atoms with van der Waals surface area (Å²) in [5.41, 5.74) is 0.817. The minimum Gasteiger partial charge on any atom is -0.455 e. The number of nitrogens with zero attached hydrogens (tertiary/aromatic N) is 1. The van der Waals surface area contributed by atoms with E-state index in [0.717, 1.165) is 5.56 Å². The number of carbonyl (C=O) groups excluding carboxylic acids is 3. The van der Waals surface area contributed by atoms with Crippen LogP contribution in [-0.2, 0) is 20.9 Å². The van der Waals surface area contributed by atoms with E-state index in [1.807, 2.05) is 54.6 Å². The number of hydrogen-bond donors (Lipinski definition) is 3. The number of alkyl carbamates (subject to hydrolysis) is 1. The number of ether oxygens (including phenoxy) is 2. The third-order valence-electron chi connectivity index (χ3n) is 5.34. The van der Waals surface area contributed by atoms with Crippen LogP contribution in [0, 0.1) is 0 Å². The molecule has 212 valence electrons. The highest BCUT2D eigenvalue weighted by Gasteiger charge is 2.20. The smallest absolute Gasteiger partial charge is 0.407 e. The molecule has 0 radical (unpaired) electrons. The van der Waals surface area contributed by atoms with Crippen molar-refractivity contribution < 1.29 is 23.9 Å². The molecule has 3 aromatic carbocycles. The molecule has 0 aromatic heterocycles. The molecule has 0 fully saturated rings. The van der Waals surface area contributed by atoms with Crippen LogP contribution in [0.15, 0.2) is 78.9 Å². The van der Waals surface area contributed by atoms with Crippen LogP contribution in [0.25, 0.3) is 0 Å². The Morgan fingerprint density at radius 1 is 0.800 bits per heavy atom. The predicted octanol–water partition coefficient (Wildman–Crippen LogP) is 4.90. The van der Waals surface area contributed by atoms with Gasteiger partial charge in [-0.1, -0.05) is 54.1 Å². The van der Waals surface area contributed by atoms with Gasteiger partial charge < -0.3 is 30.3 Å². The average Bonchev–Trinajstić information content (AvgIpc) is 2.90. The maximum atomic E-state index is 13.0. The highest BCUT2D eigenvalue weighted by molar-refractivity contribution is 6.30. The molecule has 3 amide bonds. The topological polar surface area (TPSA) is 109 Å². The lowest BCUT2D eigenvalue weighted by molar-refractivity contribution is -0.120. The van der Waals surface area contributed by atoms with Crippen LogP contribution >= 0.6 is 11.6 Å². The lowest BCUT2D eigenvalue weighted by Crippen LogP contribution is -2.44. The zero-order chi connectivity index (χ0) is 29.0. The molecule has 10 heteroatoms. The summed E-state index contributed by atoms with van der Waals surface area (Å²) >= 11 is 6.05. The van der Waals surface area contributed by atoms with E-state index in [0.29, 0.717) is 22.2 Å². The number of benzene rings is 3. The van der Waals surface area contributed by atoms with Crippen molar-refractivity contribution in [3.63, 3.8) is 0 Å². The Morgan fingerprint density at radius 2 is 1.45 bits per heavy atom. The summed E-state index contributed by atoms with van der Waals surface area (Å²) in [5, 5.41) is 8.83. The molecule has 40 heavy (non-hydrogen) atoms. The third-order valence-corrected chi connectivity index (χ3v) is 5.58. The van der Waals surface area contributed by atoms with Gasteiger partial charge in [-0.2, -0.15) is 0 Å². The fourth-order valence-corrected chi connectivity index (χ4v) is 3.85. The van der Waals surface area contributed by atoms with Crippen molar-refractivity contribution in [1.29, 1.82) is 0 Å². The zero-order valence-corrected chi connectivity index (χ0v) is 23.7. The van der Waals surface area contributed by atoms with Gasteiger partial charge in [-0.15, -0.1) is 0 Å². The van der Waals surface area contributed by atoms with E-state index in [2.05, 4.69) is 16.0 Å². The van der Waals surface area contributed by atoms with Crippen molar-refractivity contribution in [2.24, 2.45) is 0 Å². The summed E-state index contributed by atoms with van der Waals surface area (Å²) in [6.07, 6.45) is -0.563. The molecule has 3 rings (SSSR count). The quantitative estimate of drug-likeness (QED) is 0.269. The molecular formula is C30H35ClN4O5. The average molecular weight is 567 g/mol. The summed E-state index contributed by atoms with van der Waals surface area (Å²) in [5.74, 6) is 0.505. The Morgan fingerprint density at radius 3 is 2.15 bits per heavy atom. The molecule has 3 aromatic rings. The molecule has 3 N–H and O–H groups in total. The van der Waals surface area contributed by atoms with E-state index in [4.69, 9.17) is 21.1 Å². The maximum Gasteiger partial charge on any atom is 0.407 e. The fraction of sp³-hybridized carbons (Fsp3) is 0.300. The van der Waals surface area contributed by atoms with Crippen LogP contribution in [-0.4, -0.2) is 49.7 Å². The number of nitrogens with one attached hydrogen (secondary N) is 3. The normalized spacial score (nSPS) is 10.8.